The largest absolute Gasteiger partial charge is 0.491 e. The summed E-state index contributed by atoms with van der Waals surface area (Å²) < 4.78 is 75.4. The molecule has 1 aromatic heterocycles. The predicted molar refractivity (Wildman–Crippen MR) is 106 cm³/mol. The van der Waals surface area contributed by atoms with Gasteiger partial charge in [0.2, 0.25) is 0 Å². The molecule has 12 heteroatoms. The van der Waals surface area contributed by atoms with Gasteiger partial charge in [-0.3, -0.25) is 14.4 Å². The SMILES string of the molecule is O=C(NC1COc2ccc(C(F)(F)F)cc2C1)c1cc2n(n1)CCN(CCOCC(F)F)C2. The first kappa shape index (κ1) is 23.4. The molecule has 0 bridgehead atoms. The fourth-order valence-electron chi connectivity index (χ4n) is 3.91. The van der Waals surface area contributed by atoms with Crippen molar-refractivity contribution in [2.24, 2.45) is 0 Å². The first-order valence-electron chi connectivity index (χ1n) is 10.5. The van der Waals surface area contributed by atoms with E-state index in [2.05, 4.69) is 10.4 Å². The minimum atomic E-state index is -4.45. The Balaban J connectivity index is 1.33. The molecule has 1 atom stereocenters. The van der Waals surface area contributed by atoms with E-state index in [4.69, 9.17) is 9.47 Å². The van der Waals surface area contributed by atoms with E-state index >= 15 is 0 Å². The number of halogens is 5. The first-order valence-corrected chi connectivity index (χ1v) is 10.5. The van der Waals surface area contributed by atoms with Crippen LogP contribution in [0.1, 0.15) is 27.3 Å². The van der Waals surface area contributed by atoms with Gasteiger partial charge in [-0.1, -0.05) is 0 Å². The summed E-state index contributed by atoms with van der Waals surface area (Å²) in [7, 11) is 0. The van der Waals surface area contributed by atoms with Crippen molar-refractivity contribution in [3.8, 4) is 5.75 Å². The summed E-state index contributed by atoms with van der Waals surface area (Å²) in [5.74, 6) is -0.0590. The molecule has 1 unspecified atom stereocenters. The van der Waals surface area contributed by atoms with E-state index in [1.54, 1.807) is 10.7 Å². The summed E-state index contributed by atoms with van der Waals surface area (Å²) in [5, 5.41) is 7.10. The zero-order valence-corrected chi connectivity index (χ0v) is 17.6. The molecule has 0 saturated carbocycles. The van der Waals surface area contributed by atoms with E-state index in [1.165, 1.54) is 6.07 Å². The molecule has 1 aromatic carbocycles. The number of ether oxygens (including phenoxy) is 2. The second kappa shape index (κ2) is 9.64. The zero-order valence-electron chi connectivity index (χ0n) is 17.6. The van der Waals surface area contributed by atoms with E-state index in [0.29, 0.717) is 37.5 Å². The minimum absolute atomic E-state index is 0.143. The molecule has 1 N–H and O–H groups in total. The van der Waals surface area contributed by atoms with Crippen LogP contribution in [0.3, 0.4) is 0 Å². The topological polar surface area (TPSA) is 68.6 Å². The van der Waals surface area contributed by atoms with E-state index in [0.717, 1.165) is 17.8 Å². The van der Waals surface area contributed by atoms with E-state index in [-0.39, 0.29) is 25.3 Å². The highest BCUT2D eigenvalue weighted by Gasteiger charge is 2.33. The van der Waals surface area contributed by atoms with Crippen LogP contribution < -0.4 is 10.1 Å². The number of aromatic nitrogens is 2. The quantitative estimate of drug-likeness (QED) is 0.494. The molecule has 4 rings (SSSR count). The number of carbonyl (C=O) groups excluding carboxylic acids is 1. The highest BCUT2D eigenvalue weighted by atomic mass is 19.4. The lowest BCUT2D eigenvalue weighted by atomic mass is 10.00. The molecule has 7 nitrogen and oxygen atoms in total. The standard InChI is InChI=1S/C21H23F5N4O3/c22-19(23)12-32-6-5-29-3-4-30-16(10-29)9-17(28-30)20(31)27-15-8-13-7-14(21(24,25)26)1-2-18(13)33-11-15/h1-2,7,9,15,19H,3-6,8,10-12H2,(H,27,31). The number of hydrogen-bond acceptors (Lipinski definition) is 5. The predicted octanol–water partition coefficient (Wildman–Crippen LogP) is 2.73. The normalized spacial score (nSPS) is 18.5. The van der Waals surface area contributed by atoms with Crippen LogP contribution in [0.15, 0.2) is 24.3 Å². The Bertz CT molecular complexity index is 995. The molecule has 180 valence electrons. The highest BCUT2D eigenvalue weighted by Crippen LogP contribution is 2.34. The van der Waals surface area contributed by atoms with Crippen molar-refractivity contribution in [3.05, 3.63) is 46.8 Å². The van der Waals surface area contributed by atoms with Gasteiger partial charge in [-0.25, -0.2) is 8.78 Å². The maximum Gasteiger partial charge on any atom is 0.416 e. The number of amides is 1. The average molecular weight is 474 g/mol. The number of fused-ring (bicyclic) bond motifs is 2. The Morgan fingerprint density at radius 2 is 2.09 bits per heavy atom. The van der Waals surface area contributed by atoms with Gasteiger partial charge in [-0.05, 0) is 36.2 Å². The average Bonchev–Trinajstić information content (AvgIpc) is 3.19. The summed E-state index contributed by atoms with van der Waals surface area (Å²) in [6, 6.07) is 4.48. The van der Waals surface area contributed by atoms with Crippen LogP contribution in [-0.4, -0.2) is 66.0 Å². The second-order valence-electron chi connectivity index (χ2n) is 7.99. The Morgan fingerprint density at radius 1 is 1.27 bits per heavy atom. The first-order chi connectivity index (χ1) is 15.7. The molecule has 2 aliphatic rings. The summed E-state index contributed by atoms with van der Waals surface area (Å²) in [6.07, 6.45) is -6.74. The number of alkyl halides is 5. The van der Waals surface area contributed by atoms with Gasteiger partial charge in [-0.2, -0.15) is 18.3 Å². The maximum absolute atomic E-state index is 13.0. The van der Waals surface area contributed by atoms with Crippen molar-refractivity contribution in [1.82, 2.24) is 20.0 Å². The van der Waals surface area contributed by atoms with Crippen LogP contribution in [0.2, 0.25) is 0 Å². The van der Waals surface area contributed by atoms with Crippen molar-refractivity contribution in [2.75, 3.05) is 32.9 Å². The molecule has 3 heterocycles. The smallest absolute Gasteiger partial charge is 0.416 e. The molecule has 0 aliphatic carbocycles. The fraction of sp³-hybridized carbons (Fsp3) is 0.524. The fourth-order valence-corrected chi connectivity index (χ4v) is 3.91. The van der Waals surface area contributed by atoms with E-state index in [1.807, 2.05) is 4.90 Å². The van der Waals surface area contributed by atoms with Crippen LogP contribution in [0, 0.1) is 0 Å². The lowest BCUT2D eigenvalue weighted by molar-refractivity contribution is -0.137. The van der Waals surface area contributed by atoms with Gasteiger partial charge >= 0.3 is 6.18 Å². The summed E-state index contributed by atoms with van der Waals surface area (Å²) in [6.45, 7) is 1.90. The summed E-state index contributed by atoms with van der Waals surface area (Å²) >= 11 is 0. The number of nitrogens with one attached hydrogen (secondary N) is 1. The number of benzene rings is 1. The monoisotopic (exact) mass is 474 g/mol. The lowest BCUT2D eigenvalue weighted by Crippen LogP contribution is -2.43. The molecule has 0 spiro atoms. The third-order valence-corrected chi connectivity index (χ3v) is 5.53. The van der Waals surface area contributed by atoms with Crippen LogP contribution in [0.5, 0.6) is 5.75 Å². The third kappa shape index (κ3) is 5.80. The van der Waals surface area contributed by atoms with Crippen LogP contribution in [-0.2, 0) is 30.4 Å². The van der Waals surface area contributed by atoms with Crippen LogP contribution >= 0.6 is 0 Å². The van der Waals surface area contributed by atoms with Crippen LogP contribution in [0.4, 0.5) is 22.0 Å². The number of carbonyl (C=O) groups is 1. The van der Waals surface area contributed by atoms with Crippen molar-refractivity contribution in [1.29, 1.82) is 0 Å². The molecule has 2 aromatic rings. The zero-order chi connectivity index (χ0) is 23.6. The highest BCUT2D eigenvalue weighted by molar-refractivity contribution is 5.92. The molecular formula is C21H23F5N4O3. The molecule has 2 aliphatic heterocycles. The Morgan fingerprint density at radius 3 is 2.85 bits per heavy atom. The van der Waals surface area contributed by atoms with Gasteiger partial charge < -0.3 is 14.8 Å². The van der Waals surface area contributed by atoms with Gasteiger partial charge in [0.25, 0.3) is 12.3 Å². The molecule has 33 heavy (non-hydrogen) atoms. The molecular weight excluding hydrogens is 451 g/mol. The Hall–Kier alpha value is -2.73. The molecule has 0 fully saturated rings. The third-order valence-electron chi connectivity index (χ3n) is 5.53. The number of rotatable bonds is 7. The van der Waals surface area contributed by atoms with Crippen molar-refractivity contribution >= 4 is 5.91 Å². The molecule has 0 radical (unpaired) electrons. The van der Waals surface area contributed by atoms with Gasteiger partial charge in [0.05, 0.1) is 30.5 Å². The van der Waals surface area contributed by atoms with Crippen molar-refractivity contribution < 1.29 is 36.2 Å². The lowest BCUT2D eigenvalue weighted by Gasteiger charge is -2.27. The van der Waals surface area contributed by atoms with Crippen molar-refractivity contribution in [3.63, 3.8) is 0 Å². The summed E-state index contributed by atoms with van der Waals surface area (Å²) in [5.41, 5.74) is 0.633. The Kier molecular flexibility index (Phi) is 6.84. The summed E-state index contributed by atoms with van der Waals surface area (Å²) in [4.78, 5) is 14.7. The molecule has 1 amide bonds. The van der Waals surface area contributed by atoms with Crippen LogP contribution in [0.25, 0.3) is 0 Å². The van der Waals surface area contributed by atoms with Crippen molar-refractivity contribution in [2.45, 2.75) is 38.2 Å². The Labute approximate surface area is 186 Å². The van der Waals surface area contributed by atoms with Gasteiger partial charge in [-0.15, -0.1) is 0 Å². The number of nitrogens with zero attached hydrogens (tertiary/aromatic N) is 3. The van der Waals surface area contributed by atoms with E-state index in [9.17, 15) is 26.7 Å². The van der Waals surface area contributed by atoms with E-state index < -0.39 is 36.7 Å². The van der Waals surface area contributed by atoms with Gasteiger partial charge in [0, 0.05) is 19.6 Å². The van der Waals surface area contributed by atoms with Gasteiger partial charge in [0.1, 0.15) is 19.0 Å². The maximum atomic E-state index is 13.0. The number of hydrogen-bond donors (Lipinski definition) is 1. The molecule has 0 saturated heterocycles. The second-order valence-corrected chi connectivity index (χ2v) is 7.99. The minimum Gasteiger partial charge on any atom is -0.491 e. The van der Waals surface area contributed by atoms with Gasteiger partial charge in [0.15, 0.2) is 5.69 Å².